The predicted molar refractivity (Wildman–Crippen MR) is 123 cm³/mol. The zero-order chi connectivity index (χ0) is 20.4. The van der Waals surface area contributed by atoms with Crippen LogP contribution in [0.15, 0.2) is 66.7 Å². The van der Waals surface area contributed by atoms with Gasteiger partial charge in [-0.3, -0.25) is 0 Å². The maximum absolute atomic E-state index is 5.92. The lowest BCUT2D eigenvalue weighted by molar-refractivity contribution is 0.409. The molecule has 0 bridgehead atoms. The van der Waals surface area contributed by atoms with E-state index in [1.54, 1.807) is 7.11 Å². The van der Waals surface area contributed by atoms with Gasteiger partial charge >= 0.3 is 0 Å². The second-order valence-electron chi connectivity index (χ2n) is 7.39. The summed E-state index contributed by atoms with van der Waals surface area (Å²) < 4.78 is 5.92. The summed E-state index contributed by atoms with van der Waals surface area (Å²) in [6, 6.07) is 24.2. The molecule has 29 heavy (non-hydrogen) atoms. The van der Waals surface area contributed by atoms with E-state index in [-0.39, 0.29) is 5.92 Å². The molecule has 3 nitrogen and oxygen atoms in total. The summed E-state index contributed by atoms with van der Waals surface area (Å²) in [4.78, 5) is 4.77. The Hall–Kier alpha value is -2.94. The van der Waals surface area contributed by atoms with Gasteiger partial charge in [-0.25, -0.2) is 0 Å². The molecule has 0 saturated heterocycles. The summed E-state index contributed by atoms with van der Waals surface area (Å²) in [6.45, 7) is 9.51. The fourth-order valence-electron chi connectivity index (χ4n) is 4.65. The van der Waals surface area contributed by atoms with Crippen LogP contribution in [0.2, 0.25) is 0 Å². The van der Waals surface area contributed by atoms with Crippen LogP contribution in [0.1, 0.15) is 43.4 Å². The largest absolute Gasteiger partial charge is 0.496 e. The van der Waals surface area contributed by atoms with Crippen molar-refractivity contribution in [1.29, 1.82) is 0 Å². The van der Waals surface area contributed by atoms with Crippen molar-refractivity contribution < 1.29 is 4.74 Å². The number of rotatable bonds is 6. The molecule has 3 aromatic rings. The standard InChI is InChI=1S/C26H30N2O/c1-5-27(6-2)19-16-17-22(25(18-19)29-4)26-20-12-8-10-14-23(20)28(7-3)24-15-11-9-13-21(24)26/h8-18,26H,5-7H2,1-4H3. The average Bonchev–Trinajstić information content (AvgIpc) is 2.78. The molecule has 0 spiro atoms. The van der Waals surface area contributed by atoms with Gasteiger partial charge in [0.25, 0.3) is 0 Å². The maximum Gasteiger partial charge on any atom is 0.125 e. The number of nitrogens with zero attached hydrogens (tertiary/aromatic N) is 2. The van der Waals surface area contributed by atoms with Gasteiger partial charge in [-0.2, -0.15) is 0 Å². The molecule has 0 aromatic heterocycles. The van der Waals surface area contributed by atoms with Gasteiger partial charge < -0.3 is 14.5 Å². The molecule has 0 radical (unpaired) electrons. The van der Waals surface area contributed by atoms with Crippen LogP contribution in [0.4, 0.5) is 17.1 Å². The summed E-state index contributed by atoms with van der Waals surface area (Å²) in [7, 11) is 1.78. The van der Waals surface area contributed by atoms with Crippen LogP contribution in [0.25, 0.3) is 0 Å². The Morgan fingerprint density at radius 1 is 0.793 bits per heavy atom. The van der Waals surface area contributed by atoms with Gasteiger partial charge in [-0.1, -0.05) is 42.5 Å². The molecule has 0 amide bonds. The van der Waals surface area contributed by atoms with Crippen molar-refractivity contribution in [3.8, 4) is 5.75 Å². The fourth-order valence-corrected chi connectivity index (χ4v) is 4.65. The van der Waals surface area contributed by atoms with Crippen LogP contribution < -0.4 is 14.5 Å². The molecule has 0 N–H and O–H groups in total. The molecule has 0 fully saturated rings. The molecular weight excluding hydrogens is 356 g/mol. The number of para-hydroxylation sites is 2. The Morgan fingerprint density at radius 2 is 1.38 bits per heavy atom. The molecule has 0 saturated carbocycles. The van der Waals surface area contributed by atoms with E-state index < -0.39 is 0 Å². The number of methoxy groups -OCH3 is 1. The van der Waals surface area contributed by atoms with E-state index in [2.05, 4.69) is 97.3 Å². The molecule has 4 rings (SSSR count). The Morgan fingerprint density at radius 3 is 1.90 bits per heavy atom. The molecule has 1 heterocycles. The molecule has 0 aliphatic carbocycles. The van der Waals surface area contributed by atoms with Crippen LogP contribution in [0.3, 0.4) is 0 Å². The zero-order valence-corrected chi connectivity index (χ0v) is 17.9. The van der Waals surface area contributed by atoms with Crippen molar-refractivity contribution in [2.45, 2.75) is 26.7 Å². The van der Waals surface area contributed by atoms with E-state index in [9.17, 15) is 0 Å². The molecule has 3 aromatic carbocycles. The Bertz CT molecular complexity index is 946. The third-order valence-corrected chi connectivity index (χ3v) is 6.05. The lowest BCUT2D eigenvalue weighted by atomic mass is 9.80. The molecule has 3 heteroatoms. The normalized spacial score (nSPS) is 13.0. The van der Waals surface area contributed by atoms with Crippen molar-refractivity contribution in [2.24, 2.45) is 0 Å². The van der Waals surface area contributed by atoms with Gasteiger partial charge in [-0.05, 0) is 50.1 Å². The lowest BCUT2D eigenvalue weighted by Crippen LogP contribution is -2.26. The number of hydrogen-bond donors (Lipinski definition) is 0. The first kappa shape index (κ1) is 19.4. The number of hydrogen-bond acceptors (Lipinski definition) is 3. The smallest absolute Gasteiger partial charge is 0.125 e. The molecule has 150 valence electrons. The van der Waals surface area contributed by atoms with Crippen molar-refractivity contribution in [3.05, 3.63) is 83.4 Å². The Balaban J connectivity index is 1.92. The van der Waals surface area contributed by atoms with E-state index in [0.717, 1.165) is 25.4 Å². The van der Waals surface area contributed by atoms with Gasteiger partial charge in [0.05, 0.1) is 7.11 Å². The molecule has 1 aliphatic heterocycles. The van der Waals surface area contributed by atoms with Crippen LogP contribution >= 0.6 is 0 Å². The van der Waals surface area contributed by atoms with Crippen molar-refractivity contribution in [3.63, 3.8) is 0 Å². The number of ether oxygens (including phenoxy) is 1. The summed E-state index contributed by atoms with van der Waals surface area (Å²) in [5, 5.41) is 0. The summed E-state index contributed by atoms with van der Waals surface area (Å²) >= 11 is 0. The summed E-state index contributed by atoms with van der Waals surface area (Å²) in [6.07, 6.45) is 0. The summed E-state index contributed by atoms with van der Waals surface area (Å²) in [5.41, 5.74) is 7.67. The third kappa shape index (κ3) is 3.25. The molecule has 1 aliphatic rings. The first-order chi connectivity index (χ1) is 14.2. The van der Waals surface area contributed by atoms with Crippen LogP contribution in [-0.2, 0) is 0 Å². The highest BCUT2D eigenvalue weighted by atomic mass is 16.5. The first-order valence-electron chi connectivity index (χ1n) is 10.6. The zero-order valence-electron chi connectivity index (χ0n) is 17.9. The molecule has 0 atom stereocenters. The van der Waals surface area contributed by atoms with Gasteiger partial charge in [0.1, 0.15) is 5.75 Å². The average molecular weight is 387 g/mol. The maximum atomic E-state index is 5.92. The highest BCUT2D eigenvalue weighted by Gasteiger charge is 2.32. The minimum atomic E-state index is 0.158. The van der Waals surface area contributed by atoms with E-state index in [4.69, 9.17) is 4.74 Å². The lowest BCUT2D eigenvalue weighted by Gasteiger charge is -2.38. The third-order valence-electron chi connectivity index (χ3n) is 6.05. The highest BCUT2D eigenvalue weighted by Crippen LogP contribution is 2.50. The van der Waals surface area contributed by atoms with Crippen LogP contribution in [0, 0.1) is 0 Å². The minimum Gasteiger partial charge on any atom is -0.496 e. The summed E-state index contributed by atoms with van der Waals surface area (Å²) in [5.74, 6) is 1.11. The van der Waals surface area contributed by atoms with E-state index in [0.29, 0.717) is 0 Å². The van der Waals surface area contributed by atoms with Crippen LogP contribution in [-0.4, -0.2) is 26.7 Å². The highest BCUT2D eigenvalue weighted by molar-refractivity contribution is 5.78. The molecular formula is C26H30N2O. The van der Waals surface area contributed by atoms with Gasteiger partial charge in [-0.15, -0.1) is 0 Å². The SMILES string of the molecule is CCN(CC)c1ccc(C2c3ccccc3N(CC)c3ccccc32)c(OC)c1. The quantitative estimate of drug-likeness (QED) is 0.502. The number of benzene rings is 3. The van der Waals surface area contributed by atoms with Crippen LogP contribution in [0.5, 0.6) is 5.75 Å². The topological polar surface area (TPSA) is 15.7 Å². The van der Waals surface area contributed by atoms with Gasteiger partial charge in [0.15, 0.2) is 0 Å². The van der Waals surface area contributed by atoms with Crippen molar-refractivity contribution in [1.82, 2.24) is 0 Å². The first-order valence-corrected chi connectivity index (χ1v) is 10.6. The van der Waals surface area contributed by atoms with E-state index in [1.165, 1.54) is 33.8 Å². The van der Waals surface area contributed by atoms with E-state index in [1.807, 2.05) is 0 Å². The Kier molecular flexibility index (Phi) is 5.48. The van der Waals surface area contributed by atoms with E-state index >= 15 is 0 Å². The second kappa shape index (κ2) is 8.20. The van der Waals surface area contributed by atoms with Gasteiger partial charge in [0.2, 0.25) is 0 Å². The predicted octanol–water partition coefficient (Wildman–Crippen LogP) is 6.19. The van der Waals surface area contributed by atoms with Crippen molar-refractivity contribution in [2.75, 3.05) is 36.5 Å². The second-order valence-corrected chi connectivity index (χ2v) is 7.39. The van der Waals surface area contributed by atoms with Gasteiger partial charge in [0, 0.05) is 54.2 Å². The number of fused-ring (bicyclic) bond motifs is 2. The fraction of sp³-hybridized carbons (Fsp3) is 0.308. The minimum absolute atomic E-state index is 0.158. The monoisotopic (exact) mass is 386 g/mol. The Labute approximate surface area is 174 Å². The van der Waals surface area contributed by atoms with Crippen molar-refractivity contribution >= 4 is 17.1 Å². The number of anilines is 3. The molecule has 0 unspecified atom stereocenters.